The largest absolute Gasteiger partial charge is 0.550 e. The molecule has 0 aromatic carbocycles. The van der Waals surface area contributed by atoms with Crippen molar-refractivity contribution < 1.29 is 14.4 Å². The van der Waals surface area contributed by atoms with Crippen molar-refractivity contribution in [3.63, 3.8) is 0 Å². The molecule has 0 bridgehead atoms. The van der Waals surface area contributed by atoms with E-state index in [2.05, 4.69) is 35.1 Å². The molecule has 0 rings (SSSR count). The van der Waals surface area contributed by atoms with Crippen molar-refractivity contribution in [2.75, 3.05) is 28.2 Å². The van der Waals surface area contributed by atoms with Gasteiger partial charge in [0.25, 0.3) is 0 Å². The first-order chi connectivity index (χ1) is 6.77. The Balaban J connectivity index is 0. The Morgan fingerprint density at radius 3 is 1.73 bits per heavy atom. The second-order valence-electron chi connectivity index (χ2n) is 5.22. The normalized spacial score (nSPS) is 10.5. The lowest BCUT2D eigenvalue weighted by Crippen LogP contribution is -2.27. The van der Waals surface area contributed by atoms with Crippen molar-refractivity contribution in [1.82, 2.24) is 0 Å². The summed E-state index contributed by atoms with van der Waals surface area (Å²) >= 11 is 0. The summed E-state index contributed by atoms with van der Waals surface area (Å²) in [5.74, 6) is -0.920. The molecule has 15 heavy (non-hydrogen) atoms. The number of unbranched alkanes of at least 4 members (excludes halogenated alkanes) is 4. The van der Waals surface area contributed by atoms with Crippen LogP contribution in [-0.2, 0) is 4.79 Å². The number of aliphatic carboxylic acids is 1. The summed E-state index contributed by atoms with van der Waals surface area (Å²) in [6.07, 6.45) is 5.61. The Kier molecular flexibility index (Phi) is 11.2. The fourth-order valence-electron chi connectivity index (χ4n) is 0.873. The zero-order valence-electron chi connectivity index (χ0n) is 11.0. The third-order valence-corrected chi connectivity index (χ3v) is 1.48. The zero-order valence-corrected chi connectivity index (χ0v) is 11.0. The van der Waals surface area contributed by atoms with Crippen molar-refractivity contribution in [2.24, 2.45) is 0 Å². The molecular formula is C12H27NO2. The van der Waals surface area contributed by atoms with E-state index in [1.807, 2.05) is 0 Å². The minimum Gasteiger partial charge on any atom is -0.550 e. The molecule has 3 heteroatoms. The lowest BCUT2D eigenvalue weighted by Gasteiger charge is -2.14. The van der Waals surface area contributed by atoms with Crippen LogP contribution in [0.2, 0.25) is 0 Å². The van der Waals surface area contributed by atoms with E-state index < -0.39 is 5.97 Å². The van der Waals surface area contributed by atoms with E-state index in [4.69, 9.17) is 0 Å². The Morgan fingerprint density at radius 1 is 1.00 bits per heavy atom. The monoisotopic (exact) mass is 217 g/mol. The van der Waals surface area contributed by atoms with Crippen LogP contribution in [0.1, 0.15) is 45.4 Å². The third kappa shape index (κ3) is 42.4. The number of nitrogens with zero attached hydrogens (tertiary/aromatic N) is 1. The quantitative estimate of drug-likeness (QED) is 0.498. The maximum atomic E-state index is 9.92. The first kappa shape index (κ1) is 16.8. The Labute approximate surface area is 94.7 Å². The molecule has 0 fully saturated rings. The van der Waals surface area contributed by atoms with Crippen LogP contribution in [0.4, 0.5) is 0 Å². The molecule has 0 N–H and O–H groups in total. The molecule has 0 amide bonds. The van der Waals surface area contributed by atoms with E-state index in [-0.39, 0.29) is 6.42 Å². The lowest BCUT2D eigenvalue weighted by atomic mass is 10.1. The third-order valence-electron chi connectivity index (χ3n) is 1.48. The van der Waals surface area contributed by atoms with E-state index in [0.29, 0.717) is 0 Å². The summed E-state index contributed by atoms with van der Waals surface area (Å²) in [4.78, 5) is 9.92. The second kappa shape index (κ2) is 9.97. The van der Waals surface area contributed by atoms with Crippen molar-refractivity contribution in [3.8, 4) is 0 Å². The van der Waals surface area contributed by atoms with E-state index in [0.717, 1.165) is 23.7 Å². The van der Waals surface area contributed by atoms with Gasteiger partial charge in [0.1, 0.15) is 0 Å². The molecule has 0 aliphatic carbocycles. The van der Waals surface area contributed by atoms with Gasteiger partial charge >= 0.3 is 0 Å². The maximum absolute atomic E-state index is 9.92. The van der Waals surface area contributed by atoms with Crippen LogP contribution in [0.15, 0.2) is 0 Å². The number of rotatable bonds is 6. The zero-order chi connectivity index (χ0) is 12.3. The minimum absolute atomic E-state index is 0.226. The first-order valence-corrected chi connectivity index (χ1v) is 5.76. The van der Waals surface area contributed by atoms with Gasteiger partial charge in [0.05, 0.1) is 28.2 Å². The van der Waals surface area contributed by atoms with Gasteiger partial charge < -0.3 is 14.4 Å². The summed E-state index contributed by atoms with van der Waals surface area (Å²) in [5, 5.41) is 9.92. The molecule has 0 saturated carbocycles. The summed E-state index contributed by atoms with van der Waals surface area (Å²) < 4.78 is 1.00. The number of carbonyl (C=O) groups is 1. The number of hydrogen-bond donors (Lipinski definition) is 0. The van der Waals surface area contributed by atoms with Gasteiger partial charge in [-0.2, -0.15) is 0 Å². The second-order valence-corrected chi connectivity index (χ2v) is 5.22. The molecule has 0 aliphatic heterocycles. The van der Waals surface area contributed by atoms with E-state index >= 15 is 0 Å². The highest BCUT2D eigenvalue weighted by Crippen LogP contribution is 2.03. The number of carboxylic acid groups (broad SMARTS) is 1. The van der Waals surface area contributed by atoms with Gasteiger partial charge in [-0.1, -0.05) is 32.6 Å². The van der Waals surface area contributed by atoms with E-state index in [1.165, 1.54) is 12.8 Å². The highest BCUT2D eigenvalue weighted by atomic mass is 16.4. The van der Waals surface area contributed by atoms with Gasteiger partial charge in [0.15, 0.2) is 0 Å². The minimum atomic E-state index is -0.920. The molecule has 0 aliphatic rings. The van der Waals surface area contributed by atoms with E-state index in [9.17, 15) is 9.90 Å². The number of carboxylic acids is 1. The highest BCUT2D eigenvalue weighted by Gasteiger charge is 1.88. The van der Waals surface area contributed by atoms with Crippen molar-refractivity contribution in [3.05, 3.63) is 0 Å². The van der Waals surface area contributed by atoms with Crippen LogP contribution in [0.25, 0.3) is 0 Å². The fraction of sp³-hybridized carbons (Fsp3) is 0.917. The predicted octanol–water partition coefficient (Wildman–Crippen LogP) is 1.42. The molecule has 3 nitrogen and oxygen atoms in total. The van der Waals surface area contributed by atoms with Gasteiger partial charge in [-0.05, 0) is 12.8 Å². The molecule has 0 unspecified atom stereocenters. The predicted molar refractivity (Wildman–Crippen MR) is 62.3 cm³/mol. The Bertz CT molecular complexity index is 144. The molecule has 0 saturated heterocycles. The topological polar surface area (TPSA) is 40.1 Å². The van der Waals surface area contributed by atoms with Crippen molar-refractivity contribution in [2.45, 2.75) is 45.4 Å². The smallest absolute Gasteiger partial charge is 0.0675 e. The van der Waals surface area contributed by atoms with Crippen LogP contribution in [0, 0.1) is 0 Å². The fourth-order valence-corrected chi connectivity index (χ4v) is 0.873. The summed E-state index contributed by atoms with van der Waals surface area (Å²) in [6, 6.07) is 0. The van der Waals surface area contributed by atoms with Crippen LogP contribution in [-0.4, -0.2) is 38.6 Å². The molecule has 0 aromatic rings. The van der Waals surface area contributed by atoms with Crippen LogP contribution in [0.5, 0.6) is 0 Å². The van der Waals surface area contributed by atoms with Crippen LogP contribution in [0.3, 0.4) is 0 Å². The number of quaternary nitrogens is 1. The van der Waals surface area contributed by atoms with E-state index in [1.54, 1.807) is 0 Å². The number of hydrogen-bond acceptors (Lipinski definition) is 2. The lowest BCUT2D eigenvalue weighted by molar-refractivity contribution is -0.849. The summed E-state index contributed by atoms with van der Waals surface area (Å²) in [5.41, 5.74) is 0. The molecule has 92 valence electrons. The SMILES string of the molecule is CCCCCCCC(=O)[O-].C[N+](C)(C)C. The standard InChI is InChI=1S/C8H16O2.C4H12N/c1-2-3-4-5-6-7-8(9)10;1-5(2,3)4/h2-7H2,1H3,(H,9,10);1-4H3/q;+1/p-1. The average molecular weight is 217 g/mol. The highest BCUT2D eigenvalue weighted by molar-refractivity contribution is 5.63. The van der Waals surface area contributed by atoms with Crippen LogP contribution < -0.4 is 5.11 Å². The molecule has 0 aromatic heterocycles. The van der Waals surface area contributed by atoms with Gasteiger partial charge in [-0.25, -0.2) is 0 Å². The molecule has 0 radical (unpaired) electrons. The molecule has 0 spiro atoms. The number of carbonyl (C=O) groups excluding carboxylic acids is 1. The van der Waals surface area contributed by atoms with Gasteiger partial charge in [-0.15, -0.1) is 0 Å². The Hall–Kier alpha value is -0.570. The maximum Gasteiger partial charge on any atom is 0.0675 e. The molecule has 0 heterocycles. The summed E-state index contributed by atoms with van der Waals surface area (Å²) in [6.45, 7) is 2.14. The summed E-state index contributed by atoms with van der Waals surface area (Å²) in [7, 11) is 8.50. The Morgan fingerprint density at radius 2 is 1.40 bits per heavy atom. The van der Waals surface area contributed by atoms with Gasteiger partial charge in [-0.3, -0.25) is 0 Å². The molecule has 0 atom stereocenters. The van der Waals surface area contributed by atoms with Gasteiger partial charge in [0, 0.05) is 5.97 Å². The average Bonchev–Trinajstić information content (AvgIpc) is 2.00. The van der Waals surface area contributed by atoms with Crippen LogP contribution >= 0.6 is 0 Å². The van der Waals surface area contributed by atoms with Crippen molar-refractivity contribution >= 4 is 5.97 Å². The van der Waals surface area contributed by atoms with Gasteiger partial charge in [0.2, 0.25) is 0 Å². The first-order valence-electron chi connectivity index (χ1n) is 5.76. The molecular weight excluding hydrogens is 190 g/mol. The van der Waals surface area contributed by atoms with Crippen molar-refractivity contribution in [1.29, 1.82) is 0 Å².